The molecule has 0 atom stereocenters. The van der Waals surface area contributed by atoms with Gasteiger partial charge in [-0.2, -0.15) is 10.5 Å². The number of nitrogens with zero attached hydrogens (tertiary/aromatic N) is 4. The highest BCUT2D eigenvalue weighted by molar-refractivity contribution is 5.24. The standard InChI is InChI=1S/C9H8N4O2/c1-12-7(6(4-10)5-11)3-8(14)13(2)9(12)15/h3,6H,1-2H3. The summed E-state index contributed by atoms with van der Waals surface area (Å²) in [4.78, 5) is 22.7. The van der Waals surface area contributed by atoms with Gasteiger partial charge in [-0.1, -0.05) is 0 Å². The van der Waals surface area contributed by atoms with Gasteiger partial charge in [0.2, 0.25) is 0 Å². The van der Waals surface area contributed by atoms with Crippen molar-refractivity contribution in [2.24, 2.45) is 14.1 Å². The molecule has 6 heteroatoms. The number of nitriles is 2. The maximum Gasteiger partial charge on any atom is 0.330 e. The van der Waals surface area contributed by atoms with Gasteiger partial charge in [0, 0.05) is 20.2 Å². The molecule has 0 aliphatic rings. The molecule has 0 saturated carbocycles. The summed E-state index contributed by atoms with van der Waals surface area (Å²) in [5, 5.41) is 17.3. The second-order valence-electron chi connectivity index (χ2n) is 3.00. The first-order chi connectivity index (χ1) is 7.02. The molecule has 0 bridgehead atoms. The van der Waals surface area contributed by atoms with E-state index in [-0.39, 0.29) is 5.69 Å². The van der Waals surface area contributed by atoms with Crippen LogP contribution >= 0.6 is 0 Å². The Morgan fingerprint density at radius 1 is 1.20 bits per heavy atom. The van der Waals surface area contributed by atoms with E-state index < -0.39 is 17.2 Å². The summed E-state index contributed by atoms with van der Waals surface area (Å²) in [6.45, 7) is 0. The maximum atomic E-state index is 11.5. The molecule has 76 valence electrons. The fraction of sp³-hybridized carbons (Fsp3) is 0.333. The zero-order chi connectivity index (χ0) is 11.6. The van der Waals surface area contributed by atoms with E-state index in [9.17, 15) is 9.59 Å². The first-order valence-electron chi connectivity index (χ1n) is 4.09. The van der Waals surface area contributed by atoms with Crippen molar-refractivity contribution in [3.8, 4) is 12.1 Å². The van der Waals surface area contributed by atoms with E-state index >= 15 is 0 Å². The molecular weight excluding hydrogens is 196 g/mol. The Hall–Kier alpha value is -2.34. The molecule has 1 heterocycles. The Balaban J connectivity index is 3.63. The fourth-order valence-corrected chi connectivity index (χ4v) is 1.19. The molecule has 0 amide bonds. The molecule has 0 N–H and O–H groups in total. The molecular formula is C9H8N4O2. The summed E-state index contributed by atoms with van der Waals surface area (Å²) in [5.74, 6) is -1.10. The molecule has 0 aromatic carbocycles. The summed E-state index contributed by atoms with van der Waals surface area (Å²) in [6.07, 6.45) is 0. The minimum Gasteiger partial charge on any atom is -0.298 e. The lowest BCUT2D eigenvalue weighted by molar-refractivity contribution is 0.652. The average Bonchev–Trinajstić information content (AvgIpc) is 2.24. The molecule has 15 heavy (non-hydrogen) atoms. The molecule has 0 radical (unpaired) electrons. The van der Waals surface area contributed by atoms with Crippen molar-refractivity contribution in [2.75, 3.05) is 0 Å². The van der Waals surface area contributed by atoms with Gasteiger partial charge in [0.15, 0.2) is 5.92 Å². The van der Waals surface area contributed by atoms with E-state index in [2.05, 4.69) is 0 Å². The van der Waals surface area contributed by atoms with E-state index in [0.29, 0.717) is 0 Å². The summed E-state index contributed by atoms with van der Waals surface area (Å²) in [6, 6.07) is 4.55. The molecule has 1 rings (SSSR count). The zero-order valence-corrected chi connectivity index (χ0v) is 8.26. The minimum atomic E-state index is -1.10. The van der Waals surface area contributed by atoms with E-state index in [1.54, 1.807) is 12.1 Å². The largest absolute Gasteiger partial charge is 0.330 e. The number of hydrogen-bond acceptors (Lipinski definition) is 4. The molecule has 0 aliphatic heterocycles. The highest BCUT2D eigenvalue weighted by Crippen LogP contribution is 2.08. The van der Waals surface area contributed by atoms with Crippen molar-refractivity contribution in [1.29, 1.82) is 10.5 Å². The van der Waals surface area contributed by atoms with Crippen molar-refractivity contribution in [3.63, 3.8) is 0 Å². The van der Waals surface area contributed by atoms with Gasteiger partial charge in [-0.15, -0.1) is 0 Å². The molecule has 0 aliphatic carbocycles. The Morgan fingerprint density at radius 3 is 2.20 bits per heavy atom. The number of aromatic nitrogens is 2. The fourth-order valence-electron chi connectivity index (χ4n) is 1.19. The van der Waals surface area contributed by atoms with E-state index in [4.69, 9.17) is 10.5 Å². The van der Waals surface area contributed by atoms with Gasteiger partial charge in [0.1, 0.15) is 0 Å². The molecule has 1 aromatic rings. The van der Waals surface area contributed by atoms with Gasteiger partial charge in [-0.05, 0) is 0 Å². The van der Waals surface area contributed by atoms with Gasteiger partial charge in [0.05, 0.1) is 17.8 Å². The Morgan fingerprint density at radius 2 is 1.73 bits per heavy atom. The van der Waals surface area contributed by atoms with Gasteiger partial charge in [0.25, 0.3) is 5.56 Å². The summed E-state index contributed by atoms with van der Waals surface area (Å²) < 4.78 is 2.04. The van der Waals surface area contributed by atoms with Crippen LogP contribution < -0.4 is 11.2 Å². The van der Waals surface area contributed by atoms with Crippen LogP contribution in [0.2, 0.25) is 0 Å². The Bertz CT molecular complexity index is 568. The van der Waals surface area contributed by atoms with Crippen molar-refractivity contribution < 1.29 is 0 Å². The smallest absolute Gasteiger partial charge is 0.298 e. The molecule has 0 unspecified atom stereocenters. The van der Waals surface area contributed by atoms with Crippen LogP contribution in [0.1, 0.15) is 11.6 Å². The van der Waals surface area contributed by atoms with E-state index in [1.165, 1.54) is 14.1 Å². The highest BCUT2D eigenvalue weighted by Gasteiger charge is 2.15. The predicted molar refractivity (Wildman–Crippen MR) is 50.9 cm³/mol. The topological polar surface area (TPSA) is 91.6 Å². The lowest BCUT2D eigenvalue weighted by Crippen LogP contribution is -2.38. The second-order valence-corrected chi connectivity index (χ2v) is 3.00. The van der Waals surface area contributed by atoms with Crippen molar-refractivity contribution >= 4 is 0 Å². The van der Waals surface area contributed by atoms with Crippen LogP contribution in [0.5, 0.6) is 0 Å². The molecule has 1 aromatic heterocycles. The lowest BCUT2D eigenvalue weighted by atomic mass is 10.1. The summed E-state index contributed by atoms with van der Waals surface area (Å²) in [7, 11) is 2.75. The molecule has 0 saturated heterocycles. The third-order valence-corrected chi connectivity index (χ3v) is 2.12. The van der Waals surface area contributed by atoms with Crippen LogP contribution in [0.3, 0.4) is 0 Å². The highest BCUT2D eigenvalue weighted by atomic mass is 16.2. The average molecular weight is 204 g/mol. The third kappa shape index (κ3) is 1.65. The first kappa shape index (κ1) is 10.7. The van der Waals surface area contributed by atoms with Gasteiger partial charge in [-0.25, -0.2) is 4.79 Å². The maximum absolute atomic E-state index is 11.5. The third-order valence-electron chi connectivity index (χ3n) is 2.12. The van der Waals surface area contributed by atoms with Crippen LogP contribution in [-0.4, -0.2) is 9.13 Å². The number of rotatable bonds is 1. The molecule has 0 fully saturated rings. The summed E-state index contributed by atoms with van der Waals surface area (Å²) in [5.41, 5.74) is -0.954. The Kier molecular flexibility index (Phi) is 2.72. The predicted octanol–water partition coefficient (Wildman–Crippen LogP) is -0.785. The first-order valence-corrected chi connectivity index (χ1v) is 4.09. The van der Waals surface area contributed by atoms with Crippen molar-refractivity contribution in [2.45, 2.75) is 5.92 Å². The van der Waals surface area contributed by atoms with Gasteiger partial charge >= 0.3 is 5.69 Å². The molecule has 6 nitrogen and oxygen atoms in total. The van der Waals surface area contributed by atoms with Gasteiger partial charge < -0.3 is 0 Å². The van der Waals surface area contributed by atoms with Crippen LogP contribution in [0.15, 0.2) is 15.7 Å². The Labute approximate surface area is 85.2 Å². The van der Waals surface area contributed by atoms with Crippen LogP contribution in [0.4, 0.5) is 0 Å². The lowest BCUT2D eigenvalue weighted by Gasteiger charge is -2.08. The van der Waals surface area contributed by atoms with Crippen LogP contribution in [-0.2, 0) is 14.1 Å². The molecule has 0 spiro atoms. The van der Waals surface area contributed by atoms with Gasteiger partial charge in [-0.3, -0.25) is 13.9 Å². The second kappa shape index (κ2) is 3.81. The van der Waals surface area contributed by atoms with E-state index in [1.807, 2.05) is 0 Å². The van der Waals surface area contributed by atoms with E-state index in [0.717, 1.165) is 15.2 Å². The quantitative estimate of drug-likeness (QED) is 0.599. The SMILES string of the molecule is Cn1c(C(C#N)C#N)cc(=O)n(C)c1=O. The summed E-state index contributed by atoms with van der Waals surface area (Å²) >= 11 is 0. The normalized spacial score (nSPS) is 9.67. The monoisotopic (exact) mass is 204 g/mol. The zero-order valence-electron chi connectivity index (χ0n) is 8.26. The van der Waals surface area contributed by atoms with Crippen LogP contribution in [0.25, 0.3) is 0 Å². The van der Waals surface area contributed by atoms with Crippen molar-refractivity contribution in [1.82, 2.24) is 9.13 Å². The minimum absolute atomic E-state index is 0.119. The van der Waals surface area contributed by atoms with Crippen molar-refractivity contribution in [3.05, 3.63) is 32.6 Å². The van der Waals surface area contributed by atoms with Crippen LogP contribution in [0, 0.1) is 22.7 Å². The number of hydrogen-bond donors (Lipinski definition) is 0.